The highest BCUT2D eigenvalue weighted by atomic mass is 32.2. The van der Waals surface area contributed by atoms with E-state index in [4.69, 9.17) is 5.26 Å². The Hall–Kier alpha value is -2.13. The predicted octanol–water partition coefficient (Wildman–Crippen LogP) is 2.25. The van der Waals surface area contributed by atoms with Gasteiger partial charge in [0.25, 0.3) is 15.9 Å². The molecule has 1 aliphatic carbocycles. The molecule has 0 fully saturated rings. The number of rotatable bonds is 3. The third-order valence-electron chi connectivity index (χ3n) is 3.35. The summed E-state index contributed by atoms with van der Waals surface area (Å²) >= 11 is 0. The summed E-state index contributed by atoms with van der Waals surface area (Å²) in [6, 6.07) is 7.36. The Labute approximate surface area is 124 Å². The molecule has 1 N–H and O–H groups in total. The van der Waals surface area contributed by atoms with Gasteiger partial charge in [-0.2, -0.15) is 5.26 Å². The van der Waals surface area contributed by atoms with Crippen LogP contribution in [0.25, 0.3) is 0 Å². The predicted molar refractivity (Wildman–Crippen MR) is 77.7 cm³/mol. The molecule has 6 heteroatoms. The highest BCUT2D eigenvalue weighted by molar-refractivity contribution is 7.90. The van der Waals surface area contributed by atoms with Crippen molar-refractivity contribution in [3.8, 4) is 6.07 Å². The van der Waals surface area contributed by atoms with Crippen LogP contribution in [0.4, 0.5) is 0 Å². The minimum Gasteiger partial charge on any atom is -0.269 e. The molecule has 1 amide bonds. The van der Waals surface area contributed by atoms with Gasteiger partial charge in [0.2, 0.25) is 0 Å². The minimum atomic E-state index is -3.90. The minimum absolute atomic E-state index is 0.0240. The van der Waals surface area contributed by atoms with Crippen LogP contribution in [0.2, 0.25) is 0 Å². The summed E-state index contributed by atoms with van der Waals surface area (Å²) in [6.45, 7) is 0. The maximum Gasteiger partial charge on any atom is 0.264 e. The van der Waals surface area contributed by atoms with Gasteiger partial charge in [-0.1, -0.05) is 12.5 Å². The number of hydrogen-bond donors (Lipinski definition) is 1. The average molecular weight is 304 g/mol. The average Bonchev–Trinajstić information content (AvgIpc) is 2.76. The maximum absolute atomic E-state index is 12.1. The molecule has 0 saturated carbocycles. The second kappa shape index (κ2) is 6.55. The lowest BCUT2D eigenvalue weighted by molar-refractivity contribution is -0.116. The number of carbonyl (C=O) groups excluding carboxylic acids is 1. The monoisotopic (exact) mass is 304 g/mol. The number of nitriles is 1. The number of benzene rings is 1. The van der Waals surface area contributed by atoms with E-state index in [-0.39, 0.29) is 4.90 Å². The van der Waals surface area contributed by atoms with E-state index in [1.807, 2.05) is 12.1 Å². The van der Waals surface area contributed by atoms with Crippen LogP contribution in [0.1, 0.15) is 37.7 Å². The van der Waals surface area contributed by atoms with Crippen molar-refractivity contribution in [3.63, 3.8) is 0 Å². The van der Waals surface area contributed by atoms with Crippen LogP contribution < -0.4 is 4.72 Å². The first kappa shape index (κ1) is 15.3. The molecule has 0 bridgehead atoms. The van der Waals surface area contributed by atoms with E-state index < -0.39 is 15.9 Å². The number of allylic oxidation sites excluding steroid dienone is 1. The first-order chi connectivity index (χ1) is 10.0. The van der Waals surface area contributed by atoms with Gasteiger partial charge >= 0.3 is 0 Å². The second-order valence-corrected chi connectivity index (χ2v) is 6.58. The van der Waals surface area contributed by atoms with Gasteiger partial charge in [-0.25, -0.2) is 13.1 Å². The first-order valence-corrected chi connectivity index (χ1v) is 8.27. The van der Waals surface area contributed by atoms with Gasteiger partial charge in [-0.05, 0) is 49.9 Å². The van der Waals surface area contributed by atoms with Crippen molar-refractivity contribution in [2.75, 3.05) is 0 Å². The molecule has 0 aliphatic heterocycles. The van der Waals surface area contributed by atoms with Gasteiger partial charge in [0.15, 0.2) is 0 Å². The van der Waals surface area contributed by atoms with Crippen LogP contribution in [0.3, 0.4) is 0 Å². The third kappa shape index (κ3) is 3.92. The molecule has 0 radical (unpaired) electrons. The number of sulfonamides is 1. The SMILES string of the molecule is N#Cc1ccc(S(=O)(=O)NC(=O)C2=CCCCCC2)cc1. The molecule has 2 rings (SSSR count). The van der Waals surface area contributed by atoms with Gasteiger partial charge in [0.05, 0.1) is 16.5 Å². The molecule has 1 aromatic carbocycles. The molecule has 0 saturated heterocycles. The van der Waals surface area contributed by atoms with Crippen molar-refractivity contribution in [1.29, 1.82) is 5.26 Å². The standard InChI is InChI=1S/C15H16N2O3S/c16-11-12-7-9-14(10-8-12)21(19,20)17-15(18)13-5-3-1-2-4-6-13/h5,7-10H,1-4,6H2,(H,17,18). The van der Waals surface area contributed by atoms with E-state index >= 15 is 0 Å². The van der Waals surface area contributed by atoms with Crippen molar-refractivity contribution in [2.45, 2.75) is 37.0 Å². The topological polar surface area (TPSA) is 87.0 Å². The lowest BCUT2D eigenvalue weighted by Gasteiger charge is -2.08. The summed E-state index contributed by atoms with van der Waals surface area (Å²) < 4.78 is 26.3. The molecule has 0 heterocycles. The molecule has 1 aromatic rings. The van der Waals surface area contributed by atoms with Crippen molar-refractivity contribution >= 4 is 15.9 Å². The van der Waals surface area contributed by atoms with Crippen LogP contribution in [-0.4, -0.2) is 14.3 Å². The molecule has 21 heavy (non-hydrogen) atoms. The van der Waals surface area contributed by atoms with Crippen LogP contribution in [-0.2, 0) is 14.8 Å². The van der Waals surface area contributed by atoms with Crippen LogP contribution >= 0.6 is 0 Å². The Morgan fingerprint density at radius 1 is 1.14 bits per heavy atom. The highest BCUT2D eigenvalue weighted by Gasteiger charge is 2.20. The van der Waals surface area contributed by atoms with Gasteiger partial charge in [-0.3, -0.25) is 4.79 Å². The van der Waals surface area contributed by atoms with Crippen LogP contribution in [0.5, 0.6) is 0 Å². The normalized spacial score (nSPS) is 15.5. The second-order valence-electron chi connectivity index (χ2n) is 4.90. The molecule has 0 aromatic heterocycles. The summed E-state index contributed by atoms with van der Waals surface area (Å²) in [4.78, 5) is 12.0. The Balaban J connectivity index is 2.14. The molecular weight excluding hydrogens is 288 g/mol. The Morgan fingerprint density at radius 3 is 2.52 bits per heavy atom. The molecule has 1 aliphatic rings. The zero-order valence-corrected chi connectivity index (χ0v) is 12.3. The van der Waals surface area contributed by atoms with Crippen molar-refractivity contribution in [2.24, 2.45) is 0 Å². The van der Waals surface area contributed by atoms with E-state index in [9.17, 15) is 13.2 Å². The summed E-state index contributed by atoms with van der Waals surface area (Å²) in [5.41, 5.74) is 0.900. The number of hydrogen-bond acceptors (Lipinski definition) is 4. The number of amides is 1. The smallest absolute Gasteiger partial charge is 0.264 e. The summed E-state index contributed by atoms with van der Waals surface area (Å²) in [5, 5.41) is 8.70. The lowest BCUT2D eigenvalue weighted by atomic mass is 10.1. The zero-order chi connectivity index (χ0) is 15.3. The first-order valence-electron chi connectivity index (χ1n) is 6.79. The third-order valence-corrected chi connectivity index (χ3v) is 4.70. The lowest BCUT2D eigenvalue weighted by Crippen LogP contribution is -2.31. The van der Waals surface area contributed by atoms with E-state index in [2.05, 4.69) is 4.72 Å². The zero-order valence-electron chi connectivity index (χ0n) is 11.5. The maximum atomic E-state index is 12.1. The fourth-order valence-electron chi connectivity index (χ4n) is 2.18. The quantitative estimate of drug-likeness (QED) is 0.927. The summed E-state index contributed by atoms with van der Waals surface area (Å²) in [6.07, 6.45) is 6.20. The Morgan fingerprint density at radius 2 is 1.86 bits per heavy atom. The highest BCUT2D eigenvalue weighted by Crippen LogP contribution is 2.18. The Bertz CT molecular complexity index is 697. The molecule has 5 nitrogen and oxygen atoms in total. The van der Waals surface area contributed by atoms with Crippen LogP contribution in [0, 0.1) is 11.3 Å². The molecular formula is C15H16N2O3S. The summed E-state index contributed by atoms with van der Waals surface area (Å²) in [7, 11) is -3.90. The molecule has 0 atom stereocenters. The van der Waals surface area contributed by atoms with Crippen molar-refractivity contribution in [1.82, 2.24) is 4.72 Å². The van der Waals surface area contributed by atoms with E-state index in [1.54, 1.807) is 0 Å². The number of nitrogens with zero attached hydrogens (tertiary/aromatic N) is 1. The largest absolute Gasteiger partial charge is 0.269 e. The van der Waals surface area contributed by atoms with E-state index in [0.29, 0.717) is 17.6 Å². The fraction of sp³-hybridized carbons (Fsp3) is 0.333. The van der Waals surface area contributed by atoms with Crippen molar-refractivity contribution in [3.05, 3.63) is 41.5 Å². The van der Waals surface area contributed by atoms with E-state index in [1.165, 1.54) is 24.3 Å². The fourth-order valence-corrected chi connectivity index (χ4v) is 3.16. The van der Waals surface area contributed by atoms with Crippen LogP contribution in [0.15, 0.2) is 40.8 Å². The summed E-state index contributed by atoms with van der Waals surface area (Å²) in [5.74, 6) is -0.554. The van der Waals surface area contributed by atoms with Gasteiger partial charge in [0.1, 0.15) is 0 Å². The number of nitrogens with one attached hydrogen (secondary N) is 1. The molecule has 0 spiro atoms. The van der Waals surface area contributed by atoms with Gasteiger partial charge in [0, 0.05) is 5.57 Å². The van der Waals surface area contributed by atoms with E-state index in [0.717, 1.165) is 25.7 Å². The molecule has 0 unspecified atom stereocenters. The Kier molecular flexibility index (Phi) is 4.76. The number of carbonyl (C=O) groups is 1. The van der Waals surface area contributed by atoms with Crippen molar-refractivity contribution < 1.29 is 13.2 Å². The molecule has 110 valence electrons. The van der Waals surface area contributed by atoms with Gasteiger partial charge < -0.3 is 0 Å². The van der Waals surface area contributed by atoms with Gasteiger partial charge in [-0.15, -0.1) is 0 Å².